The molecule has 0 saturated heterocycles. The van der Waals surface area contributed by atoms with E-state index in [0.29, 0.717) is 11.4 Å². The Kier molecular flexibility index (Phi) is 3.72. The number of aliphatic hydroxyl groups is 1. The van der Waals surface area contributed by atoms with Crippen LogP contribution in [-0.4, -0.2) is 17.8 Å². The summed E-state index contributed by atoms with van der Waals surface area (Å²) in [6.07, 6.45) is 2.84. The molecule has 1 fully saturated rings. The van der Waals surface area contributed by atoms with Crippen LogP contribution in [0.2, 0.25) is 5.02 Å². The fraction of sp³-hybridized carbons (Fsp3) is 0.538. The zero-order valence-corrected chi connectivity index (χ0v) is 10.2. The van der Waals surface area contributed by atoms with Crippen LogP contribution >= 0.6 is 11.6 Å². The van der Waals surface area contributed by atoms with Crippen molar-refractivity contribution in [3.8, 4) is 5.75 Å². The van der Waals surface area contributed by atoms with Crippen LogP contribution < -0.4 is 4.74 Å². The second kappa shape index (κ2) is 5.07. The highest BCUT2D eigenvalue weighted by molar-refractivity contribution is 6.32. The summed E-state index contributed by atoms with van der Waals surface area (Å²) in [6, 6.07) is 5.72. The summed E-state index contributed by atoms with van der Waals surface area (Å²) in [5, 5.41) is 9.91. The lowest BCUT2D eigenvalue weighted by molar-refractivity contribution is 0.195. The molecule has 1 unspecified atom stereocenters. The van der Waals surface area contributed by atoms with Gasteiger partial charge in [0.05, 0.1) is 17.7 Å². The summed E-state index contributed by atoms with van der Waals surface area (Å²) >= 11 is 6.11. The molecule has 1 saturated carbocycles. The van der Waals surface area contributed by atoms with E-state index in [0.717, 1.165) is 23.8 Å². The fourth-order valence-corrected chi connectivity index (χ4v) is 1.88. The van der Waals surface area contributed by atoms with E-state index < -0.39 is 0 Å². The standard InChI is InChI=1S/C13H17ClO2/c1-9(15)6-11-4-5-13(12(14)7-11)16-8-10-2-3-10/h4-5,7,9-10,15H,2-3,6,8H2,1H3. The first-order valence-electron chi connectivity index (χ1n) is 5.74. The normalized spacial score (nSPS) is 17.2. The Hall–Kier alpha value is -0.730. The van der Waals surface area contributed by atoms with Gasteiger partial charge in [-0.2, -0.15) is 0 Å². The minimum atomic E-state index is -0.339. The molecule has 3 heteroatoms. The number of ether oxygens (including phenoxy) is 1. The number of benzene rings is 1. The van der Waals surface area contributed by atoms with Gasteiger partial charge in [0, 0.05) is 0 Å². The van der Waals surface area contributed by atoms with E-state index in [9.17, 15) is 5.11 Å². The van der Waals surface area contributed by atoms with Crippen molar-refractivity contribution in [1.29, 1.82) is 0 Å². The van der Waals surface area contributed by atoms with E-state index in [1.54, 1.807) is 6.92 Å². The summed E-state index contributed by atoms with van der Waals surface area (Å²) in [4.78, 5) is 0. The molecule has 1 N–H and O–H groups in total. The molecular formula is C13H17ClO2. The van der Waals surface area contributed by atoms with Crippen LogP contribution in [0.5, 0.6) is 5.75 Å². The van der Waals surface area contributed by atoms with Crippen molar-refractivity contribution in [3.63, 3.8) is 0 Å². The summed E-state index contributed by atoms with van der Waals surface area (Å²) in [6.45, 7) is 2.54. The van der Waals surface area contributed by atoms with Crippen molar-refractivity contribution in [2.24, 2.45) is 5.92 Å². The van der Waals surface area contributed by atoms with E-state index in [2.05, 4.69) is 0 Å². The Morgan fingerprint density at radius 3 is 2.81 bits per heavy atom. The minimum absolute atomic E-state index is 0.339. The molecule has 16 heavy (non-hydrogen) atoms. The lowest BCUT2D eigenvalue weighted by Crippen LogP contribution is -2.04. The summed E-state index contributed by atoms with van der Waals surface area (Å²) < 4.78 is 5.63. The maximum Gasteiger partial charge on any atom is 0.137 e. The fourth-order valence-electron chi connectivity index (χ4n) is 1.62. The first kappa shape index (κ1) is 11.7. The summed E-state index contributed by atoms with van der Waals surface area (Å²) in [7, 11) is 0. The molecule has 0 spiro atoms. The smallest absolute Gasteiger partial charge is 0.137 e. The summed E-state index contributed by atoms with van der Waals surface area (Å²) in [5.41, 5.74) is 1.04. The zero-order valence-electron chi connectivity index (χ0n) is 9.45. The Bertz CT molecular complexity index is 359. The molecule has 0 aromatic heterocycles. The minimum Gasteiger partial charge on any atom is -0.492 e. The topological polar surface area (TPSA) is 29.5 Å². The number of rotatable bonds is 5. The van der Waals surface area contributed by atoms with E-state index >= 15 is 0 Å². The van der Waals surface area contributed by atoms with E-state index in [-0.39, 0.29) is 6.10 Å². The summed E-state index contributed by atoms with van der Waals surface area (Å²) in [5.74, 6) is 1.48. The third kappa shape index (κ3) is 3.39. The molecule has 1 aromatic carbocycles. The highest BCUT2D eigenvalue weighted by Crippen LogP contribution is 2.32. The monoisotopic (exact) mass is 240 g/mol. The highest BCUT2D eigenvalue weighted by Gasteiger charge is 2.22. The van der Waals surface area contributed by atoms with Crippen molar-refractivity contribution >= 4 is 11.6 Å². The first-order chi connectivity index (χ1) is 7.65. The van der Waals surface area contributed by atoms with Gasteiger partial charge in [-0.25, -0.2) is 0 Å². The highest BCUT2D eigenvalue weighted by atomic mass is 35.5. The molecule has 1 aromatic rings. The van der Waals surface area contributed by atoms with Gasteiger partial charge in [-0.1, -0.05) is 17.7 Å². The second-order valence-corrected chi connectivity index (χ2v) is 4.98. The Morgan fingerprint density at radius 2 is 2.25 bits per heavy atom. The number of aliphatic hydroxyl groups excluding tert-OH is 1. The number of hydrogen-bond donors (Lipinski definition) is 1. The quantitative estimate of drug-likeness (QED) is 0.857. The van der Waals surface area contributed by atoms with E-state index in [1.165, 1.54) is 12.8 Å². The molecule has 88 valence electrons. The maximum absolute atomic E-state index is 9.28. The predicted molar refractivity (Wildman–Crippen MR) is 65.1 cm³/mol. The average Bonchev–Trinajstić information content (AvgIpc) is 2.99. The maximum atomic E-state index is 9.28. The van der Waals surface area contributed by atoms with Crippen LogP contribution in [0.1, 0.15) is 25.3 Å². The van der Waals surface area contributed by atoms with Crippen molar-refractivity contribution in [2.45, 2.75) is 32.3 Å². The van der Waals surface area contributed by atoms with Gasteiger partial charge < -0.3 is 9.84 Å². The van der Waals surface area contributed by atoms with Crippen molar-refractivity contribution < 1.29 is 9.84 Å². The molecule has 0 heterocycles. The molecule has 2 nitrogen and oxygen atoms in total. The molecule has 0 amide bonds. The molecule has 2 rings (SSSR count). The van der Waals surface area contributed by atoms with Gasteiger partial charge in [0.1, 0.15) is 5.75 Å². The molecule has 0 aliphatic heterocycles. The largest absolute Gasteiger partial charge is 0.492 e. The van der Waals surface area contributed by atoms with Crippen LogP contribution in [0.25, 0.3) is 0 Å². The Balaban J connectivity index is 1.97. The molecule has 0 bridgehead atoms. The van der Waals surface area contributed by atoms with Crippen molar-refractivity contribution in [3.05, 3.63) is 28.8 Å². The average molecular weight is 241 g/mol. The number of halogens is 1. The van der Waals surface area contributed by atoms with Gasteiger partial charge in [0.25, 0.3) is 0 Å². The molecule has 1 aliphatic rings. The lowest BCUT2D eigenvalue weighted by atomic mass is 10.1. The molecule has 0 radical (unpaired) electrons. The van der Waals surface area contributed by atoms with Gasteiger partial charge in [-0.3, -0.25) is 0 Å². The van der Waals surface area contributed by atoms with Gasteiger partial charge in [0.15, 0.2) is 0 Å². The van der Waals surface area contributed by atoms with E-state index in [1.807, 2.05) is 18.2 Å². The third-order valence-electron chi connectivity index (χ3n) is 2.70. The van der Waals surface area contributed by atoms with E-state index in [4.69, 9.17) is 16.3 Å². The van der Waals surface area contributed by atoms with Gasteiger partial charge in [-0.15, -0.1) is 0 Å². The van der Waals surface area contributed by atoms with Crippen LogP contribution in [0.4, 0.5) is 0 Å². The predicted octanol–water partition coefficient (Wildman–Crippen LogP) is 3.05. The van der Waals surface area contributed by atoms with Crippen LogP contribution in [0.15, 0.2) is 18.2 Å². The van der Waals surface area contributed by atoms with Crippen LogP contribution in [-0.2, 0) is 6.42 Å². The third-order valence-corrected chi connectivity index (χ3v) is 2.99. The Morgan fingerprint density at radius 1 is 1.50 bits per heavy atom. The Labute approximate surface area is 101 Å². The van der Waals surface area contributed by atoms with Gasteiger partial charge in [0.2, 0.25) is 0 Å². The van der Waals surface area contributed by atoms with Crippen LogP contribution in [0.3, 0.4) is 0 Å². The number of hydrogen-bond acceptors (Lipinski definition) is 2. The molecule has 1 aliphatic carbocycles. The van der Waals surface area contributed by atoms with Crippen molar-refractivity contribution in [1.82, 2.24) is 0 Å². The first-order valence-corrected chi connectivity index (χ1v) is 6.12. The molecular weight excluding hydrogens is 224 g/mol. The van der Waals surface area contributed by atoms with Gasteiger partial charge in [-0.05, 0) is 49.8 Å². The van der Waals surface area contributed by atoms with Gasteiger partial charge >= 0.3 is 0 Å². The van der Waals surface area contributed by atoms with Crippen LogP contribution in [0, 0.1) is 5.92 Å². The van der Waals surface area contributed by atoms with Crippen molar-refractivity contribution in [2.75, 3.05) is 6.61 Å². The molecule has 1 atom stereocenters. The lowest BCUT2D eigenvalue weighted by Gasteiger charge is -2.10. The zero-order chi connectivity index (χ0) is 11.5. The SMILES string of the molecule is CC(O)Cc1ccc(OCC2CC2)c(Cl)c1. The second-order valence-electron chi connectivity index (χ2n) is 4.57.